The van der Waals surface area contributed by atoms with E-state index in [1.807, 2.05) is 12.1 Å². The first kappa shape index (κ1) is 16.6. The van der Waals surface area contributed by atoms with Gasteiger partial charge in [0.1, 0.15) is 11.4 Å². The molecule has 0 bridgehead atoms. The van der Waals surface area contributed by atoms with Gasteiger partial charge in [0.05, 0.1) is 13.7 Å². The molecule has 0 aliphatic heterocycles. The number of carbonyl (C=O) groups excluding carboxylic acids is 1. The van der Waals surface area contributed by atoms with Crippen LogP contribution in [0, 0.1) is 11.6 Å². The first-order valence-corrected chi connectivity index (χ1v) is 7.40. The van der Waals surface area contributed by atoms with E-state index >= 15 is 0 Å². The highest BCUT2D eigenvalue weighted by Crippen LogP contribution is 2.23. The van der Waals surface area contributed by atoms with Crippen LogP contribution in [0.5, 0.6) is 5.75 Å². The highest BCUT2D eigenvalue weighted by Gasteiger charge is 2.11. The summed E-state index contributed by atoms with van der Waals surface area (Å²) in [5.74, 6) is -1.34. The highest BCUT2D eigenvalue weighted by molar-refractivity contribution is 5.94. The number of benzene rings is 2. The molecule has 0 radical (unpaired) electrons. The van der Waals surface area contributed by atoms with Crippen LogP contribution in [0.1, 0.15) is 16.1 Å². The molecule has 0 aliphatic rings. The Morgan fingerprint density at radius 1 is 1.12 bits per heavy atom. The zero-order valence-corrected chi connectivity index (χ0v) is 13.3. The van der Waals surface area contributed by atoms with Gasteiger partial charge in [0.25, 0.3) is 5.91 Å². The number of nitrogens with one attached hydrogen (secondary N) is 1. The van der Waals surface area contributed by atoms with Crippen LogP contribution in [-0.2, 0) is 6.54 Å². The quantitative estimate of drug-likeness (QED) is 0.769. The van der Waals surface area contributed by atoms with Crippen molar-refractivity contribution < 1.29 is 22.8 Å². The summed E-state index contributed by atoms with van der Waals surface area (Å²) in [5, 5.41) is 6.45. The summed E-state index contributed by atoms with van der Waals surface area (Å²) >= 11 is 0. The van der Waals surface area contributed by atoms with Crippen LogP contribution in [-0.4, -0.2) is 18.2 Å². The fourth-order valence-electron chi connectivity index (χ4n) is 2.20. The molecule has 1 heterocycles. The molecule has 0 atom stereocenters. The lowest BCUT2D eigenvalue weighted by Crippen LogP contribution is -2.23. The lowest BCUT2D eigenvalue weighted by molar-refractivity contribution is 0.0949. The summed E-state index contributed by atoms with van der Waals surface area (Å²) in [6, 6.07) is 11.9. The zero-order chi connectivity index (χ0) is 17.8. The van der Waals surface area contributed by atoms with Gasteiger partial charge in [-0.2, -0.15) is 0 Å². The fraction of sp³-hybridized carbons (Fsp3) is 0.111. The van der Waals surface area contributed by atoms with Crippen LogP contribution in [0.3, 0.4) is 0 Å². The summed E-state index contributed by atoms with van der Waals surface area (Å²) < 4.78 is 36.4. The number of carbonyl (C=O) groups is 1. The largest absolute Gasteiger partial charge is 0.497 e. The molecule has 3 aromatic rings. The summed E-state index contributed by atoms with van der Waals surface area (Å²) in [4.78, 5) is 12.0. The van der Waals surface area contributed by atoms with E-state index < -0.39 is 17.5 Å². The second-order valence-corrected chi connectivity index (χ2v) is 5.22. The number of ether oxygens (including phenoxy) is 1. The van der Waals surface area contributed by atoms with Crippen molar-refractivity contribution >= 4 is 5.91 Å². The van der Waals surface area contributed by atoms with Gasteiger partial charge in [-0.3, -0.25) is 4.79 Å². The summed E-state index contributed by atoms with van der Waals surface area (Å²) in [5.41, 5.74) is 1.34. The standard InChI is InChI=1S/C18H14F2N2O3/c1-24-14-5-2-11(3-6-14)17-9-13(22-25-17)10-21-18(23)12-4-7-15(19)16(20)8-12/h2-9H,10H2,1H3,(H,21,23). The van der Waals surface area contributed by atoms with Crippen molar-refractivity contribution in [2.45, 2.75) is 6.54 Å². The number of halogens is 2. The number of hydrogen-bond acceptors (Lipinski definition) is 4. The van der Waals surface area contributed by atoms with E-state index in [4.69, 9.17) is 9.26 Å². The summed E-state index contributed by atoms with van der Waals surface area (Å²) in [6.45, 7) is 0.0947. The molecule has 1 amide bonds. The molecule has 3 rings (SSSR count). The Kier molecular flexibility index (Phi) is 4.74. The predicted molar refractivity (Wildman–Crippen MR) is 86.0 cm³/mol. The number of amides is 1. The van der Waals surface area contributed by atoms with Gasteiger partial charge in [-0.15, -0.1) is 0 Å². The second kappa shape index (κ2) is 7.12. The number of nitrogens with zero attached hydrogens (tertiary/aromatic N) is 1. The van der Waals surface area contributed by atoms with Crippen LogP contribution in [0.4, 0.5) is 8.78 Å². The topological polar surface area (TPSA) is 64.4 Å². The molecule has 7 heteroatoms. The van der Waals surface area contributed by atoms with Crippen molar-refractivity contribution in [3.63, 3.8) is 0 Å². The van der Waals surface area contributed by atoms with Gasteiger partial charge in [0.15, 0.2) is 17.4 Å². The van der Waals surface area contributed by atoms with E-state index in [1.54, 1.807) is 25.3 Å². The Morgan fingerprint density at radius 3 is 2.56 bits per heavy atom. The molecule has 5 nitrogen and oxygen atoms in total. The number of hydrogen-bond donors (Lipinski definition) is 1. The smallest absolute Gasteiger partial charge is 0.251 e. The Morgan fingerprint density at radius 2 is 1.88 bits per heavy atom. The minimum atomic E-state index is -1.07. The molecule has 0 aliphatic carbocycles. The first-order chi connectivity index (χ1) is 12.1. The van der Waals surface area contributed by atoms with Gasteiger partial charge in [-0.1, -0.05) is 5.16 Å². The minimum Gasteiger partial charge on any atom is -0.497 e. The molecule has 0 fully saturated rings. The molecular formula is C18H14F2N2O3. The Bertz CT molecular complexity index is 892. The third kappa shape index (κ3) is 3.82. The molecule has 25 heavy (non-hydrogen) atoms. The average Bonchev–Trinajstić information content (AvgIpc) is 3.11. The van der Waals surface area contributed by atoms with Crippen LogP contribution in [0.15, 0.2) is 53.1 Å². The second-order valence-electron chi connectivity index (χ2n) is 5.22. The van der Waals surface area contributed by atoms with Crippen LogP contribution >= 0.6 is 0 Å². The van der Waals surface area contributed by atoms with Crippen molar-refractivity contribution in [2.24, 2.45) is 0 Å². The van der Waals surface area contributed by atoms with Gasteiger partial charge in [-0.05, 0) is 42.5 Å². The zero-order valence-electron chi connectivity index (χ0n) is 13.3. The maximum atomic E-state index is 13.2. The van der Waals surface area contributed by atoms with Crippen molar-refractivity contribution in [2.75, 3.05) is 7.11 Å². The van der Waals surface area contributed by atoms with Crippen molar-refractivity contribution in [1.82, 2.24) is 10.5 Å². The van der Waals surface area contributed by atoms with Gasteiger partial charge in [-0.25, -0.2) is 8.78 Å². The minimum absolute atomic E-state index is 0.0257. The molecule has 0 saturated carbocycles. The highest BCUT2D eigenvalue weighted by atomic mass is 19.2. The number of methoxy groups -OCH3 is 1. The van der Waals surface area contributed by atoms with E-state index in [0.717, 1.165) is 23.4 Å². The summed E-state index contributed by atoms with van der Waals surface area (Å²) in [7, 11) is 1.58. The third-order valence-corrected chi connectivity index (χ3v) is 3.55. The molecule has 2 aromatic carbocycles. The molecular weight excluding hydrogens is 330 g/mol. The van der Waals surface area contributed by atoms with Gasteiger partial charge in [0, 0.05) is 17.2 Å². The van der Waals surface area contributed by atoms with E-state index in [9.17, 15) is 13.6 Å². The SMILES string of the molecule is COc1ccc(-c2cc(CNC(=O)c3ccc(F)c(F)c3)no2)cc1. The van der Waals surface area contributed by atoms with Crippen LogP contribution in [0.25, 0.3) is 11.3 Å². The number of aromatic nitrogens is 1. The average molecular weight is 344 g/mol. The lowest BCUT2D eigenvalue weighted by atomic mass is 10.1. The maximum absolute atomic E-state index is 13.2. The normalized spacial score (nSPS) is 10.5. The molecule has 1 aromatic heterocycles. The Balaban J connectivity index is 1.64. The van der Waals surface area contributed by atoms with E-state index in [1.165, 1.54) is 6.07 Å². The van der Waals surface area contributed by atoms with E-state index in [0.29, 0.717) is 11.5 Å². The molecule has 128 valence electrons. The Hall–Kier alpha value is -3.22. The number of rotatable bonds is 5. The predicted octanol–water partition coefficient (Wildman–Crippen LogP) is 3.56. The van der Waals surface area contributed by atoms with E-state index in [-0.39, 0.29) is 12.1 Å². The molecule has 1 N–H and O–H groups in total. The lowest BCUT2D eigenvalue weighted by Gasteiger charge is -2.03. The van der Waals surface area contributed by atoms with Crippen LogP contribution in [0.2, 0.25) is 0 Å². The van der Waals surface area contributed by atoms with Crippen molar-refractivity contribution in [3.8, 4) is 17.1 Å². The monoisotopic (exact) mass is 344 g/mol. The van der Waals surface area contributed by atoms with Gasteiger partial charge >= 0.3 is 0 Å². The van der Waals surface area contributed by atoms with Crippen molar-refractivity contribution in [3.05, 3.63) is 71.4 Å². The molecule has 0 saturated heterocycles. The third-order valence-electron chi connectivity index (χ3n) is 3.55. The van der Waals surface area contributed by atoms with Crippen molar-refractivity contribution in [1.29, 1.82) is 0 Å². The fourth-order valence-corrected chi connectivity index (χ4v) is 2.20. The van der Waals surface area contributed by atoms with E-state index in [2.05, 4.69) is 10.5 Å². The summed E-state index contributed by atoms with van der Waals surface area (Å²) in [6.07, 6.45) is 0. The van der Waals surface area contributed by atoms with Gasteiger partial charge in [0.2, 0.25) is 0 Å². The molecule has 0 unspecified atom stereocenters. The van der Waals surface area contributed by atoms with Gasteiger partial charge < -0.3 is 14.6 Å². The van der Waals surface area contributed by atoms with Crippen LogP contribution < -0.4 is 10.1 Å². The first-order valence-electron chi connectivity index (χ1n) is 7.40. The maximum Gasteiger partial charge on any atom is 0.251 e. The Labute approximate surface area is 142 Å². The molecule has 0 spiro atoms.